The summed E-state index contributed by atoms with van der Waals surface area (Å²) in [5.74, 6) is 2.64. The Morgan fingerprint density at radius 3 is 1.38 bits per heavy atom. The number of carbonyl (C=O) groups excluding carboxylic acids is 4. The standard InChI is InChI=1S/C44H58O6/c1-25(39(47)43(5)21-17-37-35-11-7-27-23-29(45)9-13-31(27)33(35)15-19-41(37,43)3)49-50-26(2)40(48)44(6)22-18-38-36-12-8-28-24-30(46)10-14-32(28)34(36)16-20-42(38,44)4/h23-26,35-38H,7-22H2,1-6H3. The Morgan fingerprint density at radius 1 is 0.580 bits per heavy atom. The summed E-state index contributed by atoms with van der Waals surface area (Å²) in [5, 5.41) is 0. The monoisotopic (exact) mass is 682 g/mol. The minimum Gasteiger partial charge on any atom is -0.296 e. The van der Waals surface area contributed by atoms with Crippen LogP contribution in [-0.4, -0.2) is 35.3 Å². The quantitative estimate of drug-likeness (QED) is 0.197. The Morgan fingerprint density at radius 2 is 0.980 bits per heavy atom. The molecule has 0 aromatic carbocycles. The van der Waals surface area contributed by atoms with E-state index < -0.39 is 23.0 Å². The number of hydrogen-bond donors (Lipinski definition) is 0. The fourth-order valence-corrected chi connectivity index (χ4v) is 13.6. The van der Waals surface area contributed by atoms with Gasteiger partial charge in [-0.05, 0) is 173 Å². The van der Waals surface area contributed by atoms with Gasteiger partial charge in [0.2, 0.25) is 0 Å². The lowest BCUT2D eigenvalue weighted by Crippen LogP contribution is -2.51. The lowest BCUT2D eigenvalue weighted by atomic mass is 9.51. The summed E-state index contributed by atoms with van der Waals surface area (Å²) in [4.78, 5) is 64.9. The molecule has 6 heteroatoms. The summed E-state index contributed by atoms with van der Waals surface area (Å²) < 4.78 is 0. The second-order valence-corrected chi connectivity index (χ2v) is 18.6. The SMILES string of the molecule is CC(OOC(C)C(=O)C1(C)CCC2C3CCC4=CC(=O)CCC4=C3CCC21C)C(=O)C1(C)CCC2C3CCC4=CC(=O)CCC4=C3CCC21C. The lowest BCUT2D eigenvalue weighted by molar-refractivity contribution is -0.332. The van der Waals surface area contributed by atoms with Crippen LogP contribution in [0.3, 0.4) is 0 Å². The van der Waals surface area contributed by atoms with Gasteiger partial charge in [0.15, 0.2) is 23.1 Å². The summed E-state index contributed by atoms with van der Waals surface area (Å²) in [6.07, 6.45) is 17.2. The molecular weight excluding hydrogens is 624 g/mol. The highest BCUT2D eigenvalue weighted by Gasteiger charge is 2.64. The molecule has 0 saturated heterocycles. The Balaban J connectivity index is 0.932. The highest BCUT2D eigenvalue weighted by molar-refractivity contribution is 5.94. The zero-order valence-corrected chi connectivity index (χ0v) is 31.4. The van der Waals surface area contributed by atoms with Crippen LogP contribution in [0.4, 0.5) is 0 Å². The average molecular weight is 683 g/mol. The van der Waals surface area contributed by atoms with E-state index >= 15 is 0 Å². The fraction of sp³-hybridized carbons (Fsp3) is 0.727. The molecule has 0 aromatic rings. The highest BCUT2D eigenvalue weighted by Crippen LogP contribution is 2.69. The van der Waals surface area contributed by atoms with E-state index in [0.29, 0.717) is 36.5 Å². The van der Waals surface area contributed by atoms with E-state index in [4.69, 9.17) is 9.78 Å². The van der Waals surface area contributed by atoms with Crippen molar-refractivity contribution in [1.29, 1.82) is 0 Å². The van der Waals surface area contributed by atoms with Gasteiger partial charge in [0, 0.05) is 23.7 Å². The number of carbonyl (C=O) groups is 4. The van der Waals surface area contributed by atoms with Gasteiger partial charge in [-0.3, -0.25) is 19.2 Å². The lowest BCUT2D eigenvalue weighted by Gasteiger charge is -2.52. The molecule has 4 saturated carbocycles. The van der Waals surface area contributed by atoms with Crippen molar-refractivity contribution in [3.63, 3.8) is 0 Å². The summed E-state index contributed by atoms with van der Waals surface area (Å²) in [7, 11) is 0. The van der Waals surface area contributed by atoms with Crippen LogP contribution in [0, 0.1) is 45.3 Å². The smallest absolute Gasteiger partial charge is 0.170 e. The molecule has 270 valence electrons. The van der Waals surface area contributed by atoms with Crippen LogP contribution in [0.25, 0.3) is 0 Å². The van der Waals surface area contributed by atoms with Crippen molar-refractivity contribution in [2.24, 2.45) is 45.3 Å². The second-order valence-electron chi connectivity index (χ2n) is 18.6. The maximum absolute atomic E-state index is 14.4. The van der Waals surface area contributed by atoms with E-state index in [0.717, 1.165) is 89.9 Å². The number of Topliss-reactive ketones (excluding diaryl/α,β-unsaturated/α-hetero) is 2. The van der Waals surface area contributed by atoms with E-state index in [-0.39, 0.29) is 34.0 Å². The molecule has 0 radical (unpaired) electrons. The van der Waals surface area contributed by atoms with Gasteiger partial charge in [0.1, 0.15) is 12.2 Å². The normalized spacial score (nSPS) is 42.0. The van der Waals surface area contributed by atoms with Crippen molar-refractivity contribution >= 4 is 23.1 Å². The van der Waals surface area contributed by atoms with Crippen LogP contribution in [0.2, 0.25) is 0 Å². The summed E-state index contributed by atoms with van der Waals surface area (Å²) in [6.45, 7) is 12.6. The van der Waals surface area contributed by atoms with Gasteiger partial charge in [-0.2, -0.15) is 0 Å². The van der Waals surface area contributed by atoms with Crippen molar-refractivity contribution in [1.82, 2.24) is 0 Å². The predicted molar refractivity (Wildman–Crippen MR) is 192 cm³/mol. The van der Waals surface area contributed by atoms with Crippen molar-refractivity contribution in [2.75, 3.05) is 0 Å². The highest BCUT2D eigenvalue weighted by atomic mass is 17.2. The molecule has 0 aromatic heterocycles. The zero-order valence-electron chi connectivity index (χ0n) is 31.4. The van der Waals surface area contributed by atoms with Gasteiger partial charge in [-0.25, -0.2) is 9.78 Å². The van der Waals surface area contributed by atoms with Crippen LogP contribution in [0.5, 0.6) is 0 Å². The third-order valence-electron chi connectivity index (χ3n) is 16.8. The Kier molecular flexibility index (Phi) is 8.35. The Bertz CT molecular complexity index is 1550. The summed E-state index contributed by atoms with van der Waals surface area (Å²) in [6, 6.07) is 0. The molecule has 10 atom stereocenters. The van der Waals surface area contributed by atoms with Crippen LogP contribution >= 0.6 is 0 Å². The van der Waals surface area contributed by atoms with E-state index in [1.165, 1.54) is 22.3 Å². The van der Waals surface area contributed by atoms with Gasteiger partial charge in [-0.15, -0.1) is 0 Å². The minimum atomic E-state index is -0.758. The molecule has 0 N–H and O–H groups in total. The van der Waals surface area contributed by atoms with Crippen LogP contribution in [0.15, 0.2) is 45.6 Å². The second kappa shape index (κ2) is 12.0. The number of allylic oxidation sites excluding steroid dienone is 8. The van der Waals surface area contributed by atoms with Crippen LogP contribution in [0.1, 0.15) is 144 Å². The summed E-state index contributed by atoms with van der Waals surface area (Å²) >= 11 is 0. The molecule has 0 heterocycles. The Labute approximate surface area is 298 Å². The van der Waals surface area contributed by atoms with Gasteiger partial charge in [-0.1, -0.05) is 38.8 Å². The van der Waals surface area contributed by atoms with Crippen LogP contribution < -0.4 is 0 Å². The minimum absolute atomic E-state index is 0.0972. The molecular formula is C44H58O6. The topological polar surface area (TPSA) is 86.7 Å². The molecule has 10 unspecified atom stereocenters. The predicted octanol–water partition coefficient (Wildman–Crippen LogP) is 9.27. The first-order valence-corrected chi connectivity index (χ1v) is 20.0. The molecule has 0 aliphatic heterocycles. The number of hydrogen-bond acceptors (Lipinski definition) is 6. The average Bonchev–Trinajstić information content (AvgIpc) is 3.55. The fourth-order valence-electron chi connectivity index (χ4n) is 13.6. The van der Waals surface area contributed by atoms with Crippen molar-refractivity contribution in [3.05, 3.63) is 45.6 Å². The Hall–Kier alpha value is -2.44. The first-order chi connectivity index (χ1) is 23.7. The van der Waals surface area contributed by atoms with Crippen molar-refractivity contribution in [3.8, 4) is 0 Å². The van der Waals surface area contributed by atoms with Crippen molar-refractivity contribution < 1.29 is 29.0 Å². The molecule has 8 aliphatic carbocycles. The first kappa shape index (κ1) is 34.6. The third kappa shape index (κ3) is 4.85. The molecule has 0 spiro atoms. The van der Waals surface area contributed by atoms with Crippen LogP contribution in [-0.2, 0) is 29.0 Å². The van der Waals surface area contributed by atoms with E-state index in [2.05, 4.69) is 27.7 Å². The maximum Gasteiger partial charge on any atom is 0.170 e. The first-order valence-electron chi connectivity index (χ1n) is 20.0. The van der Waals surface area contributed by atoms with E-state index in [1.807, 2.05) is 26.0 Å². The van der Waals surface area contributed by atoms with Gasteiger partial charge >= 0.3 is 0 Å². The van der Waals surface area contributed by atoms with Crippen molar-refractivity contribution in [2.45, 2.75) is 156 Å². The number of rotatable bonds is 7. The molecule has 0 amide bonds. The zero-order chi connectivity index (χ0) is 35.4. The molecule has 0 bridgehead atoms. The van der Waals surface area contributed by atoms with Gasteiger partial charge in [0.05, 0.1) is 0 Å². The van der Waals surface area contributed by atoms with Gasteiger partial charge in [0.25, 0.3) is 0 Å². The molecule has 6 nitrogen and oxygen atoms in total. The number of fused-ring (bicyclic) bond motifs is 8. The van der Waals surface area contributed by atoms with E-state index in [9.17, 15) is 19.2 Å². The molecule has 8 rings (SSSR count). The van der Waals surface area contributed by atoms with E-state index in [1.54, 1.807) is 11.1 Å². The largest absolute Gasteiger partial charge is 0.296 e. The van der Waals surface area contributed by atoms with Gasteiger partial charge < -0.3 is 0 Å². The molecule has 50 heavy (non-hydrogen) atoms. The number of ketones is 4. The molecule has 4 fully saturated rings. The maximum atomic E-state index is 14.4. The summed E-state index contributed by atoms with van der Waals surface area (Å²) in [5.41, 5.74) is 7.34. The molecule has 8 aliphatic rings. The third-order valence-corrected chi connectivity index (χ3v) is 16.8.